The number of hydrogen-bond donors (Lipinski definition) is 1. The Bertz CT molecular complexity index is 1490. The van der Waals surface area contributed by atoms with Crippen LogP contribution in [0.1, 0.15) is 19.8 Å². The van der Waals surface area contributed by atoms with Crippen molar-refractivity contribution in [2.24, 2.45) is 0 Å². The van der Waals surface area contributed by atoms with Crippen LogP contribution in [0.3, 0.4) is 0 Å². The van der Waals surface area contributed by atoms with Crippen molar-refractivity contribution in [3.05, 3.63) is 53.9 Å². The van der Waals surface area contributed by atoms with E-state index in [0.717, 1.165) is 33.0 Å². The van der Waals surface area contributed by atoms with Gasteiger partial charge >= 0.3 is 0 Å². The molecule has 2 aromatic rings. The van der Waals surface area contributed by atoms with Gasteiger partial charge in [-0.15, -0.1) is 0 Å². The highest BCUT2D eigenvalue weighted by atomic mass is 32.2. The molecule has 0 atom stereocenters. The number of carbonyl (C=O) groups is 1. The van der Waals surface area contributed by atoms with Crippen LogP contribution < -0.4 is 15.2 Å². The molecule has 8 nitrogen and oxygen atoms in total. The third kappa shape index (κ3) is 5.37. The average Bonchev–Trinajstić information content (AvgIpc) is 2.78. The maximum absolute atomic E-state index is 11.3. The van der Waals surface area contributed by atoms with Crippen LogP contribution in [-0.2, 0) is 14.9 Å². The fourth-order valence-corrected chi connectivity index (χ4v) is 4.25. The number of fused-ring (bicyclic) bond motifs is 4. The van der Waals surface area contributed by atoms with E-state index in [2.05, 4.69) is 5.32 Å². The Kier molecular flexibility index (Phi) is 6.44. The van der Waals surface area contributed by atoms with Crippen molar-refractivity contribution in [3.8, 4) is 11.5 Å². The Balaban J connectivity index is 1.78. The summed E-state index contributed by atoms with van der Waals surface area (Å²) in [6, 6.07) is 15.4. The van der Waals surface area contributed by atoms with E-state index in [-0.39, 0.29) is 12.2 Å². The molecule has 2 aromatic carbocycles. The molecule has 0 saturated heterocycles. The second-order valence-electron chi connectivity index (χ2n) is 8.10. The van der Waals surface area contributed by atoms with Crippen molar-refractivity contribution in [3.63, 3.8) is 0 Å². The number of nitrogens with one attached hydrogen (secondary N) is 1. The first-order valence-corrected chi connectivity index (χ1v) is 12.3. The van der Waals surface area contributed by atoms with E-state index < -0.39 is 15.9 Å². The fraction of sp³-hybridized carbons (Fsp3) is 0.292. The van der Waals surface area contributed by atoms with Crippen LogP contribution in [0.15, 0.2) is 52.9 Å². The van der Waals surface area contributed by atoms with Crippen molar-refractivity contribution in [2.45, 2.75) is 19.8 Å². The molecule has 4 rings (SSSR count). The number of hydrogen-bond acceptors (Lipinski definition) is 7. The summed E-state index contributed by atoms with van der Waals surface area (Å²) < 4.78 is 40.9. The SMILES string of the molecule is CC(=O)CC[N+](C)=c1ccc2nc3c(cc(NCCCS(=O)(=O)[O-])c4ccccc43)oc-2c1. The molecule has 0 spiro atoms. The zero-order valence-electron chi connectivity index (χ0n) is 18.5. The molecule has 2 aliphatic rings. The van der Waals surface area contributed by atoms with Gasteiger partial charge in [0.15, 0.2) is 11.3 Å². The van der Waals surface area contributed by atoms with Gasteiger partial charge in [-0.1, -0.05) is 24.3 Å². The van der Waals surface area contributed by atoms with Gasteiger partial charge in [0, 0.05) is 40.9 Å². The molecule has 9 heteroatoms. The van der Waals surface area contributed by atoms with Crippen LogP contribution in [0.4, 0.5) is 5.69 Å². The zero-order valence-corrected chi connectivity index (χ0v) is 19.3. The maximum Gasteiger partial charge on any atom is 0.203 e. The van der Waals surface area contributed by atoms with Crippen LogP contribution >= 0.6 is 0 Å². The quantitative estimate of drug-likeness (QED) is 0.139. The zero-order chi connectivity index (χ0) is 23.6. The molecular formula is C24H25N3O5S. The lowest BCUT2D eigenvalue weighted by molar-refractivity contribution is -0.116. The molecule has 0 fully saturated rings. The molecule has 0 bridgehead atoms. The number of anilines is 1. The molecule has 1 heterocycles. The fourth-order valence-electron chi connectivity index (χ4n) is 3.75. The van der Waals surface area contributed by atoms with Gasteiger partial charge in [-0.05, 0) is 19.4 Å². The van der Waals surface area contributed by atoms with Gasteiger partial charge in [-0.2, -0.15) is 0 Å². The van der Waals surface area contributed by atoms with E-state index in [4.69, 9.17) is 9.40 Å². The van der Waals surface area contributed by atoms with Gasteiger partial charge in [0.25, 0.3) is 0 Å². The van der Waals surface area contributed by atoms with Gasteiger partial charge in [0.2, 0.25) is 5.36 Å². The summed E-state index contributed by atoms with van der Waals surface area (Å²) in [5, 5.41) is 5.98. The molecule has 0 aromatic heterocycles. The van der Waals surface area contributed by atoms with Crippen LogP contribution in [0.5, 0.6) is 0 Å². The largest absolute Gasteiger partial charge is 0.748 e. The summed E-state index contributed by atoms with van der Waals surface area (Å²) in [5.74, 6) is 0.343. The highest BCUT2D eigenvalue weighted by Gasteiger charge is 2.15. The van der Waals surface area contributed by atoms with Crippen molar-refractivity contribution >= 4 is 43.5 Å². The standard InChI is InChI=1S/C24H25N3O5S/c1-16(28)10-12-27(2)17-8-9-20-22(14-17)32-23-15-21(25-11-5-13-33(29,30)31)18-6-3-4-7-19(18)24(23)26-20/h3-4,6-9,14-15H,5,10-13H2,1-2H3,(H,29,30,31). The van der Waals surface area contributed by atoms with E-state index in [1.807, 2.05) is 60.2 Å². The van der Waals surface area contributed by atoms with Crippen LogP contribution in [0.2, 0.25) is 0 Å². The lowest BCUT2D eigenvalue weighted by atomic mass is 10.1. The number of benzene rings is 3. The van der Waals surface area contributed by atoms with E-state index in [1.54, 1.807) is 6.92 Å². The summed E-state index contributed by atoms with van der Waals surface area (Å²) in [4.78, 5) is 16.1. The smallest absolute Gasteiger partial charge is 0.203 e. The molecule has 0 unspecified atom stereocenters. The van der Waals surface area contributed by atoms with Crippen molar-refractivity contribution in [1.82, 2.24) is 9.56 Å². The third-order valence-electron chi connectivity index (χ3n) is 5.50. The minimum Gasteiger partial charge on any atom is -0.748 e. The monoisotopic (exact) mass is 467 g/mol. The van der Waals surface area contributed by atoms with Gasteiger partial charge < -0.3 is 14.3 Å². The Morgan fingerprint density at radius 3 is 2.64 bits per heavy atom. The molecule has 1 N–H and O–H groups in total. The first-order valence-electron chi connectivity index (χ1n) is 10.7. The second kappa shape index (κ2) is 9.29. The topological polar surface area (TPSA) is 115 Å². The van der Waals surface area contributed by atoms with Crippen LogP contribution in [0, 0.1) is 0 Å². The summed E-state index contributed by atoms with van der Waals surface area (Å²) in [7, 11) is -2.31. The minimum absolute atomic E-state index is 0.139. The van der Waals surface area contributed by atoms with Crippen LogP contribution in [-0.4, -0.2) is 49.6 Å². The summed E-state index contributed by atoms with van der Waals surface area (Å²) in [5.41, 5.74) is 2.81. The first kappa shape index (κ1) is 22.9. The van der Waals surface area contributed by atoms with Crippen molar-refractivity contribution < 1.29 is 22.2 Å². The molecule has 172 valence electrons. The van der Waals surface area contributed by atoms with E-state index >= 15 is 0 Å². The summed E-state index contributed by atoms with van der Waals surface area (Å²) in [6.45, 7) is 2.53. The Morgan fingerprint density at radius 1 is 1.15 bits per heavy atom. The Labute approximate surface area is 191 Å². The van der Waals surface area contributed by atoms with Crippen molar-refractivity contribution in [2.75, 3.05) is 31.2 Å². The predicted octanol–water partition coefficient (Wildman–Crippen LogP) is 2.81. The molecule has 0 saturated carbocycles. The number of rotatable bonds is 8. The molecule has 1 aliphatic heterocycles. The molecule has 1 aliphatic carbocycles. The third-order valence-corrected chi connectivity index (χ3v) is 6.29. The average molecular weight is 468 g/mol. The highest BCUT2D eigenvalue weighted by Crippen LogP contribution is 2.33. The molecule has 0 radical (unpaired) electrons. The predicted molar refractivity (Wildman–Crippen MR) is 127 cm³/mol. The van der Waals surface area contributed by atoms with E-state index in [1.165, 1.54) is 0 Å². The number of ketones is 1. The van der Waals surface area contributed by atoms with Gasteiger partial charge in [0.05, 0.1) is 22.6 Å². The van der Waals surface area contributed by atoms with E-state index in [0.29, 0.717) is 30.9 Å². The van der Waals surface area contributed by atoms with Gasteiger partial charge in [-0.25, -0.2) is 18.0 Å². The Hall–Kier alpha value is -3.30. The Morgan fingerprint density at radius 2 is 1.91 bits per heavy atom. The maximum atomic E-state index is 11.3. The minimum atomic E-state index is -4.24. The lowest BCUT2D eigenvalue weighted by Gasteiger charge is -2.14. The van der Waals surface area contributed by atoms with Gasteiger partial charge in [-0.3, -0.25) is 4.79 Å². The van der Waals surface area contributed by atoms with Crippen LogP contribution in [0.25, 0.3) is 33.3 Å². The molecular weight excluding hydrogens is 442 g/mol. The summed E-state index contributed by atoms with van der Waals surface area (Å²) >= 11 is 0. The second-order valence-corrected chi connectivity index (χ2v) is 9.62. The highest BCUT2D eigenvalue weighted by molar-refractivity contribution is 7.85. The molecule has 0 amide bonds. The normalized spacial score (nSPS) is 12.9. The number of carbonyl (C=O) groups excluding carboxylic acids is 1. The first-order chi connectivity index (χ1) is 15.7. The van der Waals surface area contributed by atoms with Crippen molar-refractivity contribution in [1.29, 1.82) is 0 Å². The van der Waals surface area contributed by atoms with E-state index in [9.17, 15) is 17.8 Å². The number of Topliss-reactive ketones (excluding diaryl/α,β-unsaturated/α-hetero) is 1. The number of nitrogens with zero attached hydrogens (tertiary/aromatic N) is 2. The lowest BCUT2D eigenvalue weighted by Crippen LogP contribution is -2.27. The molecule has 33 heavy (non-hydrogen) atoms. The van der Waals surface area contributed by atoms with Gasteiger partial charge in [0.1, 0.15) is 30.6 Å². The number of aromatic nitrogens is 1. The summed E-state index contributed by atoms with van der Waals surface area (Å²) in [6.07, 6.45) is 0.678.